The summed E-state index contributed by atoms with van der Waals surface area (Å²) in [6.07, 6.45) is 0. The van der Waals surface area contributed by atoms with E-state index in [2.05, 4.69) is 15.6 Å². The van der Waals surface area contributed by atoms with Crippen LogP contribution in [0.5, 0.6) is 0 Å². The van der Waals surface area contributed by atoms with Crippen LogP contribution in [0.3, 0.4) is 0 Å². The van der Waals surface area contributed by atoms with Crippen molar-refractivity contribution in [2.75, 3.05) is 13.2 Å². The van der Waals surface area contributed by atoms with E-state index < -0.39 is 5.97 Å². The highest BCUT2D eigenvalue weighted by Gasteiger charge is 2.22. The Hall–Kier alpha value is -1.43. The molecule has 6 nitrogen and oxygen atoms in total. The normalized spacial score (nSPS) is 14.9. The third-order valence-corrected chi connectivity index (χ3v) is 2.10. The molecular formula is C8H12N4O2. The van der Waals surface area contributed by atoms with Crippen LogP contribution in [0.2, 0.25) is 0 Å². The van der Waals surface area contributed by atoms with E-state index in [-0.39, 0.29) is 0 Å². The van der Waals surface area contributed by atoms with Crippen LogP contribution in [0.25, 0.3) is 0 Å². The van der Waals surface area contributed by atoms with E-state index in [9.17, 15) is 4.79 Å². The molecule has 0 spiro atoms. The van der Waals surface area contributed by atoms with Crippen LogP contribution in [0.4, 0.5) is 0 Å². The molecule has 0 amide bonds. The standard InChI is InChI=1S/C8H12N4O2/c1-2-14-8(13)7-6-5-9-3-4-12(6)11-10-7/h9H,2-5H2,1H3. The van der Waals surface area contributed by atoms with E-state index >= 15 is 0 Å². The van der Waals surface area contributed by atoms with E-state index in [0.29, 0.717) is 18.8 Å². The van der Waals surface area contributed by atoms with Gasteiger partial charge >= 0.3 is 5.97 Å². The van der Waals surface area contributed by atoms with Gasteiger partial charge in [0.25, 0.3) is 0 Å². The highest BCUT2D eigenvalue weighted by molar-refractivity contribution is 5.88. The van der Waals surface area contributed by atoms with Gasteiger partial charge in [-0.1, -0.05) is 5.21 Å². The maximum atomic E-state index is 11.4. The van der Waals surface area contributed by atoms with Gasteiger partial charge in [-0.2, -0.15) is 0 Å². The zero-order chi connectivity index (χ0) is 9.97. The summed E-state index contributed by atoms with van der Waals surface area (Å²) in [5, 5.41) is 10.9. The van der Waals surface area contributed by atoms with Crippen molar-refractivity contribution >= 4 is 5.97 Å². The zero-order valence-corrected chi connectivity index (χ0v) is 7.99. The third-order valence-electron chi connectivity index (χ3n) is 2.10. The topological polar surface area (TPSA) is 69.0 Å². The Morgan fingerprint density at radius 1 is 1.71 bits per heavy atom. The lowest BCUT2D eigenvalue weighted by Gasteiger charge is -2.13. The minimum absolute atomic E-state index is 0.332. The summed E-state index contributed by atoms with van der Waals surface area (Å²) >= 11 is 0. The molecule has 1 N–H and O–H groups in total. The second kappa shape index (κ2) is 3.75. The van der Waals surface area contributed by atoms with Gasteiger partial charge in [0.1, 0.15) is 0 Å². The molecule has 0 saturated heterocycles. The summed E-state index contributed by atoms with van der Waals surface area (Å²) < 4.78 is 6.61. The Balaban J connectivity index is 2.25. The Labute approximate surface area is 81.2 Å². The van der Waals surface area contributed by atoms with Gasteiger partial charge < -0.3 is 10.1 Å². The molecule has 6 heteroatoms. The van der Waals surface area contributed by atoms with Crippen molar-refractivity contribution in [3.8, 4) is 0 Å². The van der Waals surface area contributed by atoms with Crippen LogP contribution < -0.4 is 5.32 Å². The first-order valence-corrected chi connectivity index (χ1v) is 4.63. The number of aromatic nitrogens is 3. The molecule has 0 bridgehead atoms. The number of ether oxygens (including phenoxy) is 1. The lowest BCUT2D eigenvalue weighted by atomic mass is 10.3. The van der Waals surface area contributed by atoms with E-state index in [1.165, 1.54) is 0 Å². The molecule has 0 fully saturated rings. The lowest BCUT2D eigenvalue weighted by molar-refractivity contribution is 0.0517. The van der Waals surface area contributed by atoms with Gasteiger partial charge in [-0.05, 0) is 6.92 Å². The van der Waals surface area contributed by atoms with Gasteiger partial charge in [-0.25, -0.2) is 9.48 Å². The van der Waals surface area contributed by atoms with Crippen molar-refractivity contribution in [3.05, 3.63) is 11.4 Å². The monoisotopic (exact) mass is 196 g/mol. The molecule has 1 aliphatic rings. The van der Waals surface area contributed by atoms with Crippen molar-refractivity contribution in [3.63, 3.8) is 0 Å². The molecule has 0 saturated carbocycles. The third kappa shape index (κ3) is 1.48. The molecule has 1 aromatic heterocycles. The molecule has 1 aromatic rings. The summed E-state index contributed by atoms with van der Waals surface area (Å²) in [5.41, 5.74) is 1.15. The lowest BCUT2D eigenvalue weighted by Crippen LogP contribution is -2.29. The van der Waals surface area contributed by atoms with Crippen LogP contribution in [-0.4, -0.2) is 34.1 Å². The fourth-order valence-electron chi connectivity index (χ4n) is 1.44. The van der Waals surface area contributed by atoms with Gasteiger partial charge in [0.15, 0.2) is 5.69 Å². The molecule has 0 radical (unpaired) electrons. The van der Waals surface area contributed by atoms with Crippen LogP contribution in [-0.2, 0) is 17.8 Å². The molecule has 2 rings (SSSR count). The Bertz CT molecular complexity index is 347. The first-order valence-electron chi connectivity index (χ1n) is 4.63. The fourth-order valence-corrected chi connectivity index (χ4v) is 1.44. The molecule has 76 valence electrons. The van der Waals surface area contributed by atoms with E-state index in [0.717, 1.165) is 18.8 Å². The second-order valence-corrected chi connectivity index (χ2v) is 3.01. The first-order chi connectivity index (χ1) is 6.83. The minimum Gasteiger partial charge on any atom is -0.461 e. The maximum Gasteiger partial charge on any atom is 0.360 e. The number of carbonyl (C=O) groups excluding carboxylic acids is 1. The van der Waals surface area contributed by atoms with Gasteiger partial charge in [0.2, 0.25) is 0 Å². The summed E-state index contributed by atoms with van der Waals surface area (Å²) in [5.74, 6) is -0.391. The molecule has 0 aromatic carbocycles. The van der Waals surface area contributed by atoms with Gasteiger partial charge in [-0.15, -0.1) is 5.10 Å². The molecule has 0 atom stereocenters. The number of hydrogen-bond acceptors (Lipinski definition) is 5. The SMILES string of the molecule is CCOC(=O)c1nnn2c1CNCC2. The predicted molar refractivity (Wildman–Crippen MR) is 47.7 cm³/mol. The maximum absolute atomic E-state index is 11.4. The fraction of sp³-hybridized carbons (Fsp3) is 0.625. The Morgan fingerprint density at radius 3 is 3.36 bits per heavy atom. The van der Waals surface area contributed by atoms with E-state index in [4.69, 9.17) is 4.74 Å². The molecule has 1 aliphatic heterocycles. The molecule has 2 heterocycles. The Morgan fingerprint density at radius 2 is 2.57 bits per heavy atom. The highest BCUT2D eigenvalue weighted by atomic mass is 16.5. The predicted octanol–water partition coefficient (Wildman–Crippen LogP) is -0.442. The largest absolute Gasteiger partial charge is 0.461 e. The number of hydrogen-bond donors (Lipinski definition) is 1. The van der Waals surface area contributed by atoms with E-state index in [1.54, 1.807) is 11.6 Å². The molecule has 0 aliphatic carbocycles. The van der Waals surface area contributed by atoms with E-state index in [1.807, 2.05) is 0 Å². The number of fused-ring (bicyclic) bond motifs is 1. The average Bonchev–Trinajstić information content (AvgIpc) is 2.61. The summed E-state index contributed by atoms with van der Waals surface area (Å²) in [7, 11) is 0. The second-order valence-electron chi connectivity index (χ2n) is 3.01. The molecule has 14 heavy (non-hydrogen) atoms. The minimum atomic E-state index is -0.391. The number of rotatable bonds is 2. The number of esters is 1. The molecule has 0 unspecified atom stereocenters. The van der Waals surface area contributed by atoms with Crippen molar-refractivity contribution in [2.24, 2.45) is 0 Å². The van der Waals surface area contributed by atoms with Gasteiger partial charge in [0.05, 0.1) is 18.8 Å². The summed E-state index contributed by atoms with van der Waals surface area (Å²) in [6, 6.07) is 0. The van der Waals surface area contributed by atoms with Crippen molar-refractivity contribution in [1.82, 2.24) is 20.3 Å². The van der Waals surface area contributed by atoms with Gasteiger partial charge in [0, 0.05) is 13.1 Å². The number of carbonyl (C=O) groups is 1. The van der Waals surface area contributed by atoms with Crippen LogP contribution in [0, 0.1) is 0 Å². The number of nitrogens with zero attached hydrogens (tertiary/aromatic N) is 3. The summed E-state index contributed by atoms with van der Waals surface area (Å²) in [4.78, 5) is 11.4. The van der Waals surface area contributed by atoms with Crippen molar-refractivity contribution < 1.29 is 9.53 Å². The average molecular weight is 196 g/mol. The van der Waals surface area contributed by atoms with Crippen LogP contribution >= 0.6 is 0 Å². The number of nitrogens with one attached hydrogen (secondary N) is 1. The van der Waals surface area contributed by atoms with Crippen molar-refractivity contribution in [2.45, 2.75) is 20.0 Å². The first kappa shape index (κ1) is 9.14. The quantitative estimate of drug-likeness (QED) is 0.649. The summed E-state index contributed by atoms with van der Waals surface area (Å²) in [6.45, 7) is 4.37. The van der Waals surface area contributed by atoms with Crippen molar-refractivity contribution in [1.29, 1.82) is 0 Å². The van der Waals surface area contributed by atoms with Gasteiger partial charge in [-0.3, -0.25) is 0 Å². The molecular weight excluding hydrogens is 184 g/mol. The van der Waals surface area contributed by atoms with Crippen LogP contribution in [0.1, 0.15) is 23.1 Å². The highest BCUT2D eigenvalue weighted by Crippen LogP contribution is 2.09. The van der Waals surface area contributed by atoms with Crippen LogP contribution in [0.15, 0.2) is 0 Å². The zero-order valence-electron chi connectivity index (χ0n) is 7.99. The smallest absolute Gasteiger partial charge is 0.360 e. The Kier molecular flexibility index (Phi) is 2.45.